The van der Waals surface area contributed by atoms with E-state index in [0.717, 1.165) is 0 Å². The summed E-state index contributed by atoms with van der Waals surface area (Å²) in [4.78, 5) is 0. The van der Waals surface area contributed by atoms with Gasteiger partial charge in [-0.2, -0.15) is 23.8 Å². The molecule has 0 aromatic heterocycles. The number of hydrogen-bond donors (Lipinski definition) is 0. The second-order valence-electron chi connectivity index (χ2n) is 4.13. The zero-order valence-electron chi connectivity index (χ0n) is 11.0. The Morgan fingerprint density at radius 3 is 2.26 bits per heavy atom. The molecule has 0 saturated carbocycles. The third-order valence-corrected chi connectivity index (χ3v) is 2.75. The van der Waals surface area contributed by atoms with Crippen molar-refractivity contribution in [3.8, 4) is 0 Å². The van der Waals surface area contributed by atoms with E-state index in [0.29, 0.717) is 5.92 Å². The molecule has 1 unspecified atom stereocenters. The molecule has 1 aliphatic carbocycles. The first-order valence-electron chi connectivity index (χ1n) is 5.64. The first-order chi connectivity index (χ1) is 7.77. The fraction of sp³-hybridized carbons (Fsp3) is 0.188. The number of rotatable bonds is 0. The Balaban J connectivity index is 0. The number of halogens is 2. The van der Waals surface area contributed by atoms with Crippen LogP contribution in [-0.4, -0.2) is 0 Å². The van der Waals surface area contributed by atoms with Gasteiger partial charge in [-0.15, -0.1) is 11.6 Å². The third-order valence-electron chi connectivity index (χ3n) is 2.75. The average molecular weight is 370 g/mol. The van der Waals surface area contributed by atoms with E-state index in [1.54, 1.807) is 0 Å². The molecule has 2 aromatic carbocycles. The first-order valence-corrected chi connectivity index (χ1v) is 5.64. The van der Waals surface area contributed by atoms with Crippen molar-refractivity contribution in [2.45, 2.75) is 19.8 Å². The summed E-state index contributed by atoms with van der Waals surface area (Å²) in [6.45, 7) is 4.31. The molecule has 0 spiro atoms. The van der Waals surface area contributed by atoms with Crippen molar-refractivity contribution in [3.63, 3.8) is 0 Å². The molecular formula is C16H16Cl2Zr. The van der Waals surface area contributed by atoms with E-state index < -0.39 is 0 Å². The zero-order valence-corrected chi connectivity index (χ0v) is 15.0. The van der Waals surface area contributed by atoms with Crippen molar-refractivity contribution >= 4 is 6.08 Å². The van der Waals surface area contributed by atoms with Gasteiger partial charge in [-0.3, -0.25) is 6.08 Å². The fourth-order valence-corrected chi connectivity index (χ4v) is 1.83. The van der Waals surface area contributed by atoms with Crippen LogP contribution in [0.5, 0.6) is 0 Å². The van der Waals surface area contributed by atoms with Crippen molar-refractivity contribution in [2.24, 2.45) is 0 Å². The molecule has 0 nitrogen and oxygen atoms in total. The Labute approximate surface area is 147 Å². The Morgan fingerprint density at radius 1 is 1.11 bits per heavy atom. The zero-order chi connectivity index (χ0) is 11.4. The number of fused-ring (bicyclic) bond motifs is 1. The van der Waals surface area contributed by atoms with Gasteiger partial charge in [0.2, 0.25) is 0 Å². The van der Waals surface area contributed by atoms with E-state index in [-0.39, 0.29) is 51.0 Å². The summed E-state index contributed by atoms with van der Waals surface area (Å²) in [5.74, 6) is 0.491. The maximum atomic E-state index is 3.29. The van der Waals surface area contributed by atoms with E-state index in [1.165, 1.54) is 16.7 Å². The van der Waals surface area contributed by atoms with Crippen LogP contribution in [0.25, 0.3) is 6.08 Å². The molecule has 0 aliphatic heterocycles. The van der Waals surface area contributed by atoms with Crippen LogP contribution in [0.1, 0.15) is 29.5 Å². The molecule has 1 atom stereocenters. The van der Waals surface area contributed by atoms with Crippen LogP contribution in [-0.2, 0) is 26.2 Å². The van der Waals surface area contributed by atoms with Crippen LogP contribution in [0.4, 0.5) is 0 Å². The summed E-state index contributed by atoms with van der Waals surface area (Å²) in [6.07, 6.45) is 5.37. The minimum Gasteiger partial charge on any atom is -1.00 e. The van der Waals surface area contributed by atoms with Gasteiger partial charge in [0.25, 0.3) is 0 Å². The van der Waals surface area contributed by atoms with Gasteiger partial charge in [0.1, 0.15) is 0 Å². The second-order valence-corrected chi connectivity index (χ2v) is 4.13. The van der Waals surface area contributed by atoms with Crippen molar-refractivity contribution in [1.29, 1.82) is 0 Å². The van der Waals surface area contributed by atoms with Gasteiger partial charge in [0.15, 0.2) is 0 Å². The van der Waals surface area contributed by atoms with Crippen LogP contribution in [0.2, 0.25) is 0 Å². The smallest absolute Gasteiger partial charge is 1.00 e. The van der Waals surface area contributed by atoms with Gasteiger partial charge >= 0.3 is 26.2 Å². The number of allylic oxidation sites excluding steroid dienone is 1. The van der Waals surface area contributed by atoms with Crippen molar-refractivity contribution in [1.82, 2.24) is 0 Å². The van der Waals surface area contributed by atoms with Crippen LogP contribution in [0.15, 0.2) is 48.5 Å². The molecular weight excluding hydrogens is 354 g/mol. The predicted octanol–water partition coefficient (Wildman–Crippen LogP) is -1.66. The molecule has 0 saturated heterocycles. The van der Waals surface area contributed by atoms with E-state index in [4.69, 9.17) is 0 Å². The number of hydrogen-bond acceptors (Lipinski definition) is 0. The largest absolute Gasteiger partial charge is 4.00 e. The summed E-state index contributed by atoms with van der Waals surface area (Å²) in [6, 6.07) is 16.6. The molecule has 2 aromatic rings. The molecule has 0 bridgehead atoms. The minimum absolute atomic E-state index is 0. The quantitative estimate of drug-likeness (QED) is 0.487. The van der Waals surface area contributed by atoms with Gasteiger partial charge in [-0.05, 0) is 6.92 Å². The first kappa shape index (κ1) is 21.1. The summed E-state index contributed by atoms with van der Waals surface area (Å²) < 4.78 is 0. The molecule has 19 heavy (non-hydrogen) atoms. The van der Waals surface area contributed by atoms with Crippen molar-refractivity contribution in [3.05, 3.63) is 71.3 Å². The standard InChI is InChI=1S/C11H11.C5H5.2ClH.Zr/c1-8-3-5-10-6-4-9(2)11(10)7-8;1-2-4-5-3-1;;;/h3,5-7,9H,1-2H3;1-5H;2*1H;/q2*-1;;;+4/p-2. The van der Waals surface area contributed by atoms with Crippen LogP contribution >= 0.6 is 0 Å². The molecule has 3 heteroatoms. The molecule has 0 heterocycles. The molecule has 3 rings (SSSR count). The van der Waals surface area contributed by atoms with Crippen LogP contribution in [0, 0.1) is 13.0 Å². The topological polar surface area (TPSA) is 0 Å². The second kappa shape index (κ2) is 10.5. The third kappa shape index (κ3) is 6.17. The Hall–Kier alpha value is -0.227. The van der Waals surface area contributed by atoms with E-state index in [1.807, 2.05) is 30.3 Å². The average Bonchev–Trinajstić information content (AvgIpc) is 2.93. The molecule has 0 radical (unpaired) electrons. The summed E-state index contributed by atoms with van der Waals surface area (Å²) in [5.41, 5.74) is 4.10. The van der Waals surface area contributed by atoms with E-state index in [9.17, 15) is 0 Å². The monoisotopic (exact) mass is 368 g/mol. The molecule has 0 N–H and O–H groups in total. The van der Waals surface area contributed by atoms with Gasteiger partial charge in [0, 0.05) is 0 Å². The van der Waals surface area contributed by atoms with Gasteiger partial charge in [-0.1, -0.05) is 30.5 Å². The molecule has 1 aliphatic rings. The van der Waals surface area contributed by atoms with Gasteiger partial charge in [0.05, 0.1) is 0 Å². The Morgan fingerprint density at radius 2 is 1.74 bits per heavy atom. The van der Waals surface area contributed by atoms with E-state index >= 15 is 0 Å². The van der Waals surface area contributed by atoms with Gasteiger partial charge < -0.3 is 24.8 Å². The SMILES string of the molecule is Cc1ccc2c(c1)C(C)[C-]=C2.[Cl-].[Cl-].[Zr+4].c1cc[cH-]c1. The summed E-state index contributed by atoms with van der Waals surface area (Å²) in [7, 11) is 0. The normalized spacial score (nSPS) is 13.9. The van der Waals surface area contributed by atoms with Crippen molar-refractivity contribution in [2.75, 3.05) is 0 Å². The molecule has 98 valence electrons. The van der Waals surface area contributed by atoms with Crippen LogP contribution < -0.4 is 24.8 Å². The maximum Gasteiger partial charge on any atom is 4.00 e. The van der Waals surface area contributed by atoms with Gasteiger partial charge in [-0.25, -0.2) is 18.2 Å². The van der Waals surface area contributed by atoms with Crippen molar-refractivity contribution < 1.29 is 51.0 Å². The summed E-state index contributed by atoms with van der Waals surface area (Å²) in [5, 5.41) is 0. The number of aryl methyl sites for hydroxylation is 1. The Kier molecular flexibility index (Phi) is 11.7. The Bertz CT molecular complexity index is 458. The van der Waals surface area contributed by atoms with Crippen LogP contribution in [0.3, 0.4) is 0 Å². The minimum atomic E-state index is 0. The molecule has 0 amide bonds. The van der Waals surface area contributed by atoms with E-state index in [2.05, 4.69) is 44.2 Å². The maximum absolute atomic E-state index is 3.29. The fourth-order valence-electron chi connectivity index (χ4n) is 1.83. The molecule has 0 fully saturated rings. The summed E-state index contributed by atoms with van der Waals surface area (Å²) >= 11 is 0. The predicted molar refractivity (Wildman–Crippen MR) is 69.3 cm³/mol. The number of benzene rings is 1.